The summed E-state index contributed by atoms with van der Waals surface area (Å²) in [6, 6.07) is 35.6. The van der Waals surface area contributed by atoms with Crippen LogP contribution in [0.25, 0.3) is 6.08 Å². The van der Waals surface area contributed by atoms with Gasteiger partial charge in [0.1, 0.15) is 0 Å². The molecule has 2 amide bonds. The zero-order valence-corrected chi connectivity index (χ0v) is 24.3. The lowest BCUT2D eigenvalue weighted by Crippen LogP contribution is -2.46. The van der Waals surface area contributed by atoms with Crippen LogP contribution in [0.15, 0.2) is 122 Å². The van der Waals surface area contributed by atoms with Gasteiger partial charge < -0.3 is 9.80 Å². The third kappa shape index (κ3) is 4.87. The van der Waals surface area contributed by atoms with Crippen molar-refractivity contribution < 1.29 is 9.59 Å². The van der Waals surface area contributed by atoms with E-state index in [1.807, 2.05) is 46.2 Å². The Hall–Kier alpha value is -4.70. The number of fused-ring (bicyclic) bond motifs is 2. The van der Waals surface area contributed by atoms with Crippen LogP contribution in [0.1, 0.15) is 52.8 Å². The molecular formula is C38H36N2O2. The van der Waals surface area contributed by atoms with Crippen LogP contribution in [0.4, 0.5) is 0 Å². The van der Waals surface area contributed by atoms with Gasteiger partial charge in [0.05, 0.1) is 0 Å². The molecule has 2 atom stereocenters. The van der Waals surface area contributed by atoms with Crippen molar-refractivity contribution in [2.45, 2.75) is 37.8 Å². The Balaban J connectivity index is 1.29. The highest BCUT2D eigenvalue weighted by atomic mass is 16.2. The molecule has 0 N–H and O–H groups in total. The van der Waals surface area contributed by atoms with E-state index < -0.39 is 0 Å². The first-order valence-electron chi connectivity index (χ1n) is 14.5. The fraction of sp³-hybridized carbons (Fsp3) is 0.211. The average Bonchev–Trinajstić information content (AvgIpc) is 3.03. The van der Waals surface area contributed by atoms with E-state index in [9.17, 15) is 9.59 Å². The molecule has 0 unspecified atom stereocenters. The van der Waals surface area contributed by atoms with Crippen molar-refractivity contribution >= 4 is 17.9 Å². The normalized spacial score (nSPS) is 21.5. The molecule has 6 rings (SSSR count). The Bertz CT molecular complexity index is 1680. The number of nitrogens with zero attached hydrogens (tertiary/aromatic N) is 2. The summed E-state index contributed by atoms with van der Waals surface area (Å²) in [6.45, 7) is 10.4. The van der Waals surface area contributed by atoms with Crippen molar-refractivity contribution in [2.75, 3.05) is 13.1 Å². The van der Waals surface area contributed by atoms with Crippen molar-refractivity contribution in [1.29, 1.82) is 0 Å². The maximum atomic E-state index is 13.6. The molecule has 0 saturated carbocycles. The van der Waals surface area contributed by atoms with Crippen molar-refractivity contribution in [3.8, 4) is 0 Å². The predicted octanol–water partition coefficient (Wildman–Crippen LogP) is 6.88. The van der Waals surface area contributed by atoms with E-state index in [-0.39, 0.29) is 22.6 Å². The third-order valence-corrected chi connectivity index (χ3v) is 9.11. The molecule has 0 aliphatic carbocycles. The second kappa shape index (κ2) is 10.9. The Morgan fingerprint density at radius 3 is 1.81 bits per heavy atom. The lowest BCUT2D eigenvalue weighted by molar-refractivity contribution is -0.128. The van der Waals surface area contributed by atoms with Crippen LogP contribution < -0.4 is 0 Å². The van der Waals surface area contributed by atoms with Crippen LogP contribution in [-0.4, -0.2) is 34.7 Å². The quantitative estimate of drug-likeness (QED) is 0.253. The van der Waals surface area contributed by atoms with Crippen LogP contribution in [0, 0.1) is 0 Å². The van der Waals surface area contributed by atoms with E-state index in [4.69, 9.17) is 0 Å². The Kier molecular flexibility index (Phi) is 7.16. The molecule has 210 valence electrons. The van der Waals surface area contributed by atoms with E-state index in [1.165, 1.54) is 28.3 Å². The first-order chi connectivity index (χ1) is 20.3. The summed E-state index contributed by atoms with van der Waals surface area (Å²) >= 11 is 0. The number of carbonyl (C=O) groups excluding carboxylic acids is 2. The molecule has 4 aromatic rings. The molecule has 0 spiro atoms. The fourth-order valence-electron chi connectivity index (χ4n) is 6.86. The molecule has 0 fully saturated rings. The van der Waals surface area contributed by atoms with Crippen molar-refractivity contribution in [1.82, 2.24) is 9.80 Å². The van der Waals surface area contributed by atoms with Gasteiger partial charge in [-0.05, 0) is 71.0 Å². The van der Waals surface area contributed by atoms with Crippen molar-refractivity contribution in [3.05, 3.63) is 161 Å². The van der Waals surface area contributed by atoms with Crippen molar-refractivity contribution in [3.63, 3.8) is 0 Å². The maximum absolute atomic E-state index is 13.6. The molecule has 42 heavy (non-hydrogen) atoms. The van der Waals surface area contributed by atoms with Crippen LogP contribution in [0.2, 0.25) is 0 Å². The Morgan fingerprint density at radius 2 is 1.19 bits per heavy atom. The minimum Gasteiger partial charge on any atom is -0.334 e. The van der Waals surface area contributed by atoms with Gasteiger partial charge in [0.15, 0.2) is 0 Å². The largest absolute Gasteiger partial charge is 0.334 e. The van der Waals surface area contributed by atoms with E-state index >= 15 is 0 Å². The van der Waals surface area contributed by atoms with E-state index in [1.54, 1.807) is 6.08 Å². The lowest BCUT2D eigenvalue weighted by Gasteiger charge is -2.42. The highest BCUT2D eigenvalue weighted by molar-refractivity contribution is 5.92. The molecule has 2 heterocycles. The standard InChI is InChI=1S/C38H36N2O2/c1-4-35(41)39-25-30-23-28(19-21-34(30)38(3,26-39)32-16-9-6-10-17-32)20-22-36(42)40-24-29-13-11-12-18-33(29)37(2,27-40)31-14-7-5-8-15-31/h4-23H,1,24-27H2,2-3H3/b22-20+/t37-,38+/m1/s1. The summed E-state index contributed by atoms with van der Waals surface area (Å²) in [5, 5.41) is 0. The lowest BCUT2D eigenvalue weighted by atomic mass is 9.71. The van der Waals surface area contributed by atoms with E-state index in [2.05, 4.69) is 93.2 Å². The summed E-state index contributed by atoms with van der Waals surface area (Å²) in [5.74, 6) is -0.0901. The molecule has 0 saturated heterocycles. The van der Waals surface area contributed by atoms with Crippen LogP contribution in [0.5, 0.6) is 0 Å². The average molecular weight is 553 g/mol. The number of amides is 2. The van der Waals surface area contributed by atoms with Gasteiger partial charge in [-0.3, -0.25) is 9.59 Å². The highest BCUT2D eigenvalue weighted by Gasteiger charge is 2.39. The summed E-state index contributed by atoms with van der Waals surface area (Å²) in [6.07, 6.45) is 4.98. The minimum absolute atomic E-state index is 0.0121. The molecule has 4 aromatic carbocycles. The molecule has 0 bridgehead atoms. The smallest absolute Gasteiger partial charge is 0.246 e. The summed E-state index contributed by atoms with van der Waals surface area (Å²) < 4.78 is 0. The number of hydrogen-bond donors (Lipinski definition) is 0. The second-order valence-electron chi connectivity index (χ2n) is 11.9. The van der Waals surface area contributed by atoms with Gasteiger partial charge in [0.2, 0.25) is 11.8 Å². The first-order valence-corrected chi connectivity index (χ1v) is 14.5. The zero-order valence-electron chi connectivity index (χ0n) is 24.3. The predicted molar refractivity (Wildman–Crippen MR) is 169 cm³/mol. The number of carbonyl (C=O) groups is 2. The highest BCUT2D eigenvalue weighted by Crippen LogP contribution is 2.41. The maximum Gasteiger partial charge on any atom is 0.246 e. The summed E-state index contributed by atoms with van der Waals surface area (Å²) in [4.78, 5) is 30.2. The molecule has 0 aromatic heterocycles. The molecule has 2 aliphatic heterocycles. The van der Waals surface area contributed by atoms with Gasteiger partial charge in [-0.25, -0.2) is 0 Å². The fourth-order valence-corrected chi connectivity index (χ4v) is 6.86. The van der Waals surface area contributed by atoms with Gasteiger partial charge >= 0.3 is 0 Å². The Morgan fingerprint density at radius 1 is 0.667 bits per heavy atom. The Labute approximate surface area is 248 Å². The van der Waals surface area contributed by atoms with Gasteiger partial charge in [0, 0.05) is 43.1 Å². The molecule has 4 heteroatoms. The van der Waals surface area contributed by atoms with Gasteiger partial charge in [-0.1, -0.05) is 104 Å². The van der Waals surface area contributed by atoms with E-state index in [0.29, 0.717) is 26.2 Å². The second-order valence-corrected chi connectivity index (χ2v) is 11.9. The van der Waals surface area contributed by atoms with Crippen molar-refractivity contribution in [2.24, 2.45) is 0 Å². The van der Waals surface area contributed by atoms with Crippen LogP contribution in [0.3, 0.4) is 0 Å². The van der Waals surface area contributed by atoms with Gasteiger partial charge in [0.25, 0.3) is 0 Å². The monoisotopic (exact) mass is 552 g/mol. The van der Waals surface area contributed by atoms with E-state index in [0.717, 1.165) is 16.7 Å². The molecule has 0 radical (unpaired) electrons. The third-order valence-electron chi connectivity index (χ3n) is 9.11. The minimum atomic E-state index is -0.353. The summed E-state index contributed by atoms with van der Waals surface area (Å²) in [7, 11) is 0. The van der Waals surface area contributed by atoms with Crippen LogP contribution in [-0.2, 0) is 33.5 Å². The molecule has 2 aliphatic rings. The molecule has 4 nitrogen and oxygen atoms in total. The zero-order chi connectivity index (χ0) is 29.3. The topological polar surface area (TPSA) is 40.6 Å². The SMILES string of the molecule is C=CC(=O)N1Cc2cc(/C=C/C(=O)N3Cc4ccccc4[C@@](C)(c4ccccc4)C3)ccc2[C@](C)(c2ccccc2)C1. The first kappa shape index (κ1) is 27.5. The van der Waals surface area contributed by atoms with Crippen LogP contribution >= 0.6 is 0 Å². The number of hydrogen-bond acceptors (Lipinski definition) is 2. The molecular weight excluding hydrogens is 516 g/mol. The number of rotatable bonds is 5. The number of benzene rings is 4. The summed E-state index contributed by atoms with van der Waals surface area (Å²) in [5.41, 5.74) is 7.40. The van der Waals surface area contributed by atoms with Gasteiger partial charge in [-0.15, -0.1) is 0 Å². The van der Waals surface area contributed by atoms with Gasteiger partial charge in [-0.2, -0.15) is 0 Å².